The third-order valence-corrected chi connectivity index (χ3v) is 4.74. The lowest BCUT2D eigenvalue weighted by Gasteiger charge is -2.34. The molecule has 0 bridgehead atoms. The molecule has 0 spiro atoms. The van der Waals surface area contributed by atoms with Crippen LogP contribution in [0.4, 0.5) is 0 Å². The van der Waals surface area contributed by atoms with Crippen molar-refractivity contribution in [2.24, 2.45) is 10.9 Å². The zero-order valence-electron chi connectivity index (χ0n) is 15.5. The highest BCUT2D eigenvalue weighted by Crippen LogP contribution is 2.20. The molecule has 2 fully saturated rings. The predicted molar refractivity (Wildman–Crippen MR) is 110 cm³/mol. The minimum atomic E-state index is 0. The molecular formula is C17H33IN4O3. The van der Waals surface area contributed by atoms with Gasteiger partial charge in [-0.25, -0.2) is 0 Å². The molecule has 7 nitrogen and oxygen atoms in total. The molecule has 2 aliphatic rings. The molecule has 0 saturated carbocycles. The van der Waals surface area contributed by atoms with Crippen LogP contribution in [0.15, 0.2) is 4.99 Å². The van der Waals surface area contributed by atoms with E-state index < -0.39 is 0 Å². The number of amides is 1. The van der Waals surface area contributed by atoms with Gasteiger partial charge in [-0.1, -0.05) is 0 Å². The largest absolute Gasteiger partial charge is 0.377 e. The standard InChI is InChI=1S/C17H32N4O3.HI/c1-18-16(22)12-14-5-8-21(9-6-14)17(19-2)20-7-11-23-13-15-4-3-10-24-15;/h14-15H,3-13H2,1-2H3,(H,18,22)(H,19,20);1H. The zero-order chi connectivity index (χ0) is 17.2. The van der Waals surface area contributed by atoms with E-state index in [4.69, 9.17) is 9.47 Å². The molecule has 1 amide bonds. The van der Waals surface area contributed by atoms with Crippen molar-refractivity contribution in [2.45, 2.75) is 38.2 Å². The highest BCUT2D eigenvalue weighted by atomic mass is 127. The smallest absolute Gasteiger partial charge is 0.220 e. The monoisotopic (exact) mass is 468 g/mol. The number of hydrogen-bond donors (Lipinski definition) is 2. The van der Waals surface area contributed by atoms with Gasteiger partial charge in [-0.15, -0.1) is 24.0 Å². The summed E-state index contributed by atoms with van der Waals surface area (Å²) in [6.07, 6.45) is 5.24. The topological polar surface area (TPSA) is 75.2 Å². The fourth-order valence-corrected chi connectivity index (χ4v) is 3.27. The average Bonchev–Trinajstić information content (AvgIpc) is 3.12. The molecule has 0 aromatic carbocycles. The van der Waals surface area contributed by atoms with Gasteiger partial charge in [0.15, 0.2) is 5.96 Å². The van der Waals surface area contributed by atoms with E-state index in [1.165, 1.54) is 0 Å². The first kappa shape index (κ1) is 22.4. The molecule has 0 radical (unpaired) electrons. The molecule has 2 heterocycles. The Morgan fingerprint density at radius 1 is 1.32 bits per heavy atom. The maximum Gasteiger partial charge on any atom is 0.220 e. The van der Waals surface area contributed by atoms with E-state index in [9.17, 15) is 4.79 Å². The van der Waals surface area contributed by atoms with Gasteiger partial charge in [-0.3, -0.25) is 9.79 Å². The molecule has 2 N–H and O–H groups in total. The Morgan fingerprint density at radius 3 is 2.68 bits per heavy atom. The van der Waals surface area contributed by atoms with Crippen molar-refractivity contribution in [2.75, 3.05) is 53.6 Å². The van der Waals surface area contributed by atoms with E-state index in [0.29, 0.717) is 25.6 Å². The molecule has 8 heteroatoms. The molecular weight excluding hydrogens is 435 g/mol. The molecule has 1 unspecified atom stereocenters. The van der Waals surface area contributed by atoms with E-state index in [1.807, 2.05) is 7.05 Å². The number of hydrogen-bond acceptors (Lipinski definition) is 4. The van der Waals surface area contributed by atoms with Gasteiger partial charge in [0.2, 0.25) is 5.91 Å². The highest BCUT2D eigenvalue weighted by Gasteiger charge is 2.23. The van der Waals surface area contributed by atoms with Gasteiger partial charge < -0.3 is 25.0 Å². The Balaban J connectivity index is 0.00000312. The van der Waals surface area contributed by atoms with Crippen molar-refractivity contribution in [3.63, 3.8) is 0 Å². The number of nitrogens with zero attached hydrogens (tertiary/aromatic N) is 2. The van der Waals surface area contributed by atoms with Gasteiger partial charge in [0.1, 0.15) is 0 Å². The lowest BCUT2D eigenvalue weighted by molar-refractivity contribution is -0.121. The van der Waals surface area contributed by atoms with E-state index in [1.54, 1.807) is 7.05 Å². The van der Waals surface area contributed by atoms with Crippen molar-refractivity contribution in [1.29, 1.82) is 0 Å². The number of guanidine groups is 1. The number of carbonyl (C=O) groups is 1. The van der Waals surface area contributed by atoms with Gasteiger partial charge in [-0.2, -0.15) is 0 Å². The molecule has 25 heavy (non-hydrogen) atoms. The summed E-state index contributed by atoms with van der Waals surface area (Å²) < 4.78 is 11.2. The molecule has 0 aromatic heterocycles. The minimum Gasteiger partial charge on any atom is -0.377 e. The summed E-state index contributed by atoms with van der Waals surface area (Å²) in [5.41, 5.74) is 0. The molecule has 1 atom stereocenters. The zero-order valence-corrected chi connectivity index (χ0v) is 17.8. The van der Waals surface area contributed by atoms with Crippen LogP contribution in [0.2, 0.25) is 0 Å². The number of rotatable bonds is 7. The Kier molecular flexibility index (Phi) is 11.4. The summed E-state index contributed by atoms with van der Waals surface area (Å²) in [6.45, 7) is 4.85. The number of halogens is 1. The van der Waals surface area contributed by atoms with Crippen LogP contribution in [0.5, 0.6) is 0 Å². The Labute approximate surface area is 168 Å². The first-order valence-electron chi connectivity index (χ1n) is 9.08. The predicted octanol–water partition coefficient (Wildman–Crippen LogP) is 1.22. The SMILES string of the molecule is CN=C(NCCOCC1CCCO1)N1CCC(CC(=O)NC)CC1.I. The van der Waals surface area contributed by atoms with E-state index in [2.05, 4.69) is 20.5 Å². The van der Waals surface area contributed by atoms with E-state index >= 15 is 0 Å². The van der Waals surface area contributed by atoms with Crippen LogP contribution >= 0.6 is 24.0 Å². The van der Waals surface area contributed by atoms with Crippen molar-refractivity contribution in [3.05, 3.63) is 0 Å². The summed E-state index contributed by atoms with van der Waals surface area (Å²) in [7, 11) is 3.51. The van der Waals surface area contributed by atoms with Crippen LogP contribution in [-0.4, -0.2) is 76.4 Å². The van der Waals surface area contributed by atoms with Crippen molar-refractivity contribution < 1.29 is 14.3 Å². The van der Waals surface area contributed by atoms with Gasteiger partial charge in [0.05, 0.1) is 19.3 Å². The first-order chi connectivity index (χ1) is 11.7. The van der Waals surface area contributed by atoms with E-state index in [0.717, 1.165) is 57.9 Å². The van der Waals surface area contributed by atoms with E-state index in [-0.39, 0.29) is 36.0 Å². The fourth-order valence-electron chi connectivity index (χ4n) is 3.27. The normalized spacial score (nSPS) is 21.8. The lowest BCUT2D eigenvalue weighted by Crippen LogP contribution is -2.46. The van der Waals surface area contributed by atoms with Gasteiger partial charge in [-0.05, 0) is 31.6 Å². The quantitative estimate of drug-likeness (QED) is 0.255. The molecule has 2 rings (SSSR count). The third-order valence-electron chi connectivity index (χ3n) is 4.74. The van der Waals surface area contributed by atoms with Gasteiger partial charge >= 0.3 is 0 Å². The summed E-state index contributed by atoms with van der Waals surface area (Å²) in [6, 6.07) is 0. The first-order valence-corrected chi connectivity index (χ1v) is 9.08. The highest BCUT2D eigenvalue weighted by molar-refractivity contribution is 14.0. The maximum atomic E-state index is 11.5. The lowest BCUT2D eigenvalue weighted by atomic mass is 9.93. The second kappa shape index (κ2) is 12.7. The third kappa shape index (κ3) is 8.08. The molecule has 2 aliphatic heterocycles. The van der Waals surface area contributed by atoms with Crippen LogP contribution in [-0.2, 0) is 14.3 Å². The van der Waals surface area contributed by atoms with Crippen LogP contribution in [0.25, 0.3) is 0 Å². The summed E-state index contributed by atoms with van der Waals surface area (Å²) in [5, 5.41) is 6.07. The van der Waals surface area contributed by atoms with Gasteiger partial charge in [0.25, 0.3) is 0 Å². The van der Waals surface area contributed by atoms with Crippen LogP contribution in [0.3, 0.4) is 0 Å². The average molecular weight is 468 g/mol. The van der Waals surface area contributed by atoms with Crippen LogP contribution < -0.4 is 10.6 Å². The summed E-state index contributed by atoms with van der Waals surface area (Å²) in [5.74, 6) is 1.54. The molecule has 0 aromatic rings. The van der Waals surface area contributed by atoms with Crippen molar-refractivity contribution in [1.82, 2.24) is 15.5 Å². The Morgan fingerprint density at radius 2 is 2.08 bits per heavy atom. The molecule has 146 valence electrons. The maximum absolute atomic E-state index is 11.5. The van der Waals surface area contributed by atoms with Crippen molar-refractivity contribution >= 4 is 35.8 Å². The second-order valence-corrected chi connectivity index (χ2v) is 6.49. The number of aliphatic imine (C=N–C) groups is 1. The summed E-state index contributed by atoms with van der Waals surface area (Å²) in [4.78, 5) is 18.1. The number of piperidine rings is 1. The fraction of sp³-hybridized carbons (Fsp3) is 0.882. The van der Waals surface area contributed by atoms with Crippen LogP contribution in [0, 0.1) is 5.92 Å². The number of likely N-dealkylation sites (tertiary alicyclic amines) is 1. The molecule has 2 saturated heterocycles. The number of ether oxygens (including phenoxy) is 2. The number of carbonyl (C=O) groups excluding carboxylic acids is 1. The number of nitrogens with one attached hydrogen (secondary N) is 2. The van der Waals surface area contributed by atoms with Crippen molar-refractivity contribution in [3.8, 4) is 0 Å². The molecule has 0 aliphatic carbocycles. The Hall–Kier alpha value is -0.610. The second-order valence-electron chi connectivity index (χ2n) is 6.49. The Bertz CT molecular complexity index is 409. The summed E-state index contributed by atoms with van der Waals surface area (Å²) >= 11 is 0. The van der Waals surface area contributed by atoms with Crippen LogP contribution in [0.1, 0.15) is 32.1 Å². The van der Waals surface area contributed by atoms with Gasteiger partial charge in [0, 0.05) is 46.8 Å². The minimum absolute atomic E-state index is 0.